The van der Waals surface area contributed by atoms with Crippen molar-refractivity contribution in [3.8, 4) is 11.6 Å². The standard InChI is InChI=1S/C19H23FN4O.HI/c20-16-6-5-7-17(12-16)25-18-9-8-15(13-22-18)14-23-19(21)24-10-3-1-2-4-11-24;/h5-9,12-13H,1-4,10-11,14H2,(H2,21,23);1H. The predicted molar refractivity (Wildman–Crippen MR) is 111 cm³/mol. The van der Waals surface area contributed by atoms with Gasteiger partial charge in [-0.15, -0.1) is 24.0 Å². The van der Waals surface area contributed by atoms with Crippen molar-refractivity contribution in [3.63, 3.8) is 0 Å². The summed E-state index contributed by atoms with van der Waals surface area (Å²) in [5.41, 5.74) is 7.06. The SMILES string of the molecule is I.NC(=NCc1ccc(Oc2cccc(F)c2)nc1)N1CCCCCC1. The topological polar surface area (TPSA) is 63.7 Å². The van der Waals surface area contributed by atoms with E-state index in [0.29, 0.717) is 24.1 Å². The van der Waals surface area contributed by atoms with E-state index in [1.165, 1.54) is 37.8 Å². The first kappa shape index (κ1) is 20.4. The number of aliphatic imine (C=N–C) groups is 1. The lowest BCUT2D eigenvalue weighted by Crippen LogP contribution is -2.38. The van der Waals surface area contributed by atoms with Crippen molar-refractivity contribution < 1.29 is 9.13 Å². The lowest BCUT2D eigenvalue weighted by atomic mass is 10.2. The fourth-order valence-electron chi connectivity index (χ4n) is 2.79. The van der Waals surface area contributed by atoms with E-state index in [-0.39, 0.29) is 29.8 Å². The second-order valence-electron chi connectivity index (χ2n) is 6.14. The zero-order valence-corrected chi connectivity index (χ0v) is 16.9. The highest BCUT2D eigenvalue weighted by atomic mass is 127. The molecule has 3 rings (SSSR count). The molecule has 0 atom stereocenters. The maximum absolute atomic E-state index is 13.2. The van der Waals surface area contributed by atoms with Gasteiger partial charge in [0.05, 0.1) is 6.54 Å². The normalized spacial score (nSPS) is 15.1. The van der Waals surface area contributed by atoms with E-state index in [0.717, 1.165) is 18.7 Å². The third-order valence-electron chi connectivity index (χ3n) is 4.17. The van der Waals surface area contributed by atoms with Crippen molar-refractivity contribution in [2.45, 2.75) is 32.2 Å². The third kappa shape index (κ3) is 6.12. The van der Waals surface area contributed by atoms with Gasteiger partial charge in [0.2, 0.25) is 5.88 Å². The minimum Gasteiger partial charge on any atom is -0.439 e. The Morgan fingerprint density at radius 3 is 2.58 bits per heavy atom. The highest BCUT2D eigenvalue weighted by Crippen LogP contribution is 2.20. The molecule has 1 aromatic heterocycles. The molecule has 0 spiro atoms. The second kappa shape index (κ2) is 10.3. The van der Waals surface area contributed by atoms with Crippen LogP contribution in [-0.2, 0) is 6.54 Å². The van der Waals surface area contributed by atoms with Crippen LogP contribution >= 0.6 is 24.0 Å². The lowest BCUT2D eigenvalue weighted by molar-refractivity contribution is 0.428. The molecule has 0 bridgehead atoms. The molecule has 0 amide bonds. The van der Waals surface area contributed by atoms with E-state index in [4.69, 9.17) is 10.5 Å². The highest BCUT2D eigenvalue weighted by Gasteiger charge is 2.10. The molecular weight excluding hydrogens is 446 g/mol. The number of hydrogen-bond acceptors (Lipinski definition) is 3. The highest BCUT2D eigenvalue weighted by molar-refractivity contribution is 14.0. The van der Waals surface area contributed by atoms with E-state index in [2.05, 4.69) is 14.9 Å². The number of rotatable bonds is 4. The molecule has 2 aromatic rings. The molecule has 0 radical (unpaired) electrons. The van der Waals surface area contributed by atoms with E-state index < -0.39 is 0 Å². The molecule has 0 saturated carbocycles. The fraction of sp³-hybridized carbons (Fsp3) is 0.368. The zero-order chi connectivity index (χ0) is 17.5. The Kier molecular flexibility index (Phi) is 8.08. The molecule has 1 aromatic carbocycles. The molecule has 5 nitrogen and oxygen atoms in total. The summed E-state index contributed by atoms with van der Waals surface area (Å²) in [6.07, 6.45) is 6.57. The Bertz CT molecular complexity index is 716. The van der Waals surface area contributed by atoms with Crippen molar-refractivity contribution in [2.24, 2.45) is 10.7 Å². The zero-order valence-electron chi connectivity index (χ0n) is 14.6. The van der Waals surface area contributed by atoms with Crippen molar-refractivity contribution in [1.29, 1.82) is 0 Å². The number of nitrogens with zero attached hydrogens (tertiary/aromatic N) is 3. The summed E-state index contributed by atoms with van der Waals surface area (Å²) >= 11 is 0. The molecule has 0 aliphatic carbocycles. The Morgan fingerprint density at radius 2 is 1.92 bits per heavy atom. The maximum atomic E-state index is 13.2. The largest absolute Gasteiger partial charge is 0.439 e. The predicted octanol–water partition coefficient (Wildman–Crippen LogP) is 4.32. The van der Waals surface area contributed by atoms with Crippen molar-refractivity contribution in [3.05, 3.63) is 54.0 Å². The second-order valence-corrected chi connectivity index (χ2v) is 6.14. The van der Waals surface area contributed by atoms with Gasteiger partial charge in [0, 0.05) is 31.4 Å². The van der Waals surface area contributed by atoms with Crippen LogP contribution in [0.1, 0.15) is 31.2 Å². The maximum Gasteiger partial charge on any atom is 0.219 e. The van der Waals surface area contributed by atoms with Gasteiger partial charge in [0.1, 0.15) is 11.6 Å². The van der Waals surface area contributed by atoms with Gasteiger partial charge in [-0.3, -0.25) is 0 Å². The van der Waals surface area contributed by atoms with Gasteiger partial charge < -0.3 is 15.4 Å². The van der Waals surface area contributed by atoms with Crippen LogP contribution in [0, 0.1) is 5.82 Å². The van der Waals surface area contributed by atoms with Crippen LogP contribution in [-0.4, -0.2) is 28.9 Å². The van der Waals surface area contributed by atoms with Gasteiger partial charge in [-0.05, 0) is 30.5 Å². The summed E-state index contributed by atoms with van der Waals surface area (Å²) in [6, 6.07) is 9.61. The summed E-state index contributed by atoms with van der Waals surface area (Å²) < 4.78 is 18.7. The fourth-order valence-corrected chi connectivity index (χ4v) is 2.79. The van der Waals surface area contributed by atoms with Crippen LogP contribution in [0.25, 0.3) is 0 Å². The molecular formula is C19H24FIN4O. The average molecular weight is 470 g/mol. The Labute approximate surface area is 170 Å². The number of pyridine rings is 1. The Hall–Kier alpha value is -1.90. The van der Waals surface area contributed by atoms with E-state index in [1.54, 1.807) is 24.4 Å². The molecule has 2 N–H and O–H groups in total. The molecule has 0 unspecified atom stereocenters. The minimum absolute atomic E-state index is 0. The molecule has 1 fully saturated rings. The van der Waals surface area contributed by atoms with Crippen LogP contribution < -0.4 is 10.5 Å². The smallest absolute Gasteiger partial charge is 0.219 e. The quantitative estimate of drug-likeness (QED) is 0.411. The minimum atomic E-state index is -0.340. The summed E-state index contributed by atoms with van der Waals surface area (Å²) in [7, 11) is 0. The average Bonchev–Trinajstić information content (AvgIpc) is 2.90. The number of halogens is 2. The van der Waals surface area contributed by atoms with E-state index >= 15 is 0 Å². The summed E-state index contributed by atoms with van der Waals surface area (Å²) in [5, 5.41) is 0. The molecule has 26 heavy (non-hydrogen) atoms. The van der Waals surface area contributed by atoms with E-state index in [1.807, 2.05) is 6.07 Å². The molecule has 140 valence electrons. The molecule has 1 aliphatic heterocycles. The number of ether oxygens (including phenoxy) is 1. The molecule has 1 aliphatic rings. The number of nitrogens with two attached hydrogens (primary N) is 1. The first-order chi connectivity index (χ1) is 12.2. The number of aromatic nitrogens is 1. The number of hydrogen-bond donors (Lipinski definition) is 1. The summed E-state index contributed by atoms with van der Waals surface area (Å²) in [4.78, 5) is 10.9. The van der Waals surface area contributed by atoms with Gasteiger partial charge in [0.25, 0.3) is 0 Å². The van der Waals surface area contributed by atoms with Crippen molar-refractivity contribution >= 4 is 29.9 Å². The summed E-state index contributed by atoms with van der Waals surface area (Å²) in [5.74, 6) is 1.09. The third-order valence-corrected chi connectivity index (χ3v) is 4.17. The van der Waals surface area contributed by atoms with Crippen LogP contribution in [0.4, 0.5) is 4.39 Å². The van der Waals surface area contributed by atoms with Crippen LogP contribution in [0.3, 0.4) is 0 Å². The van der Waals surface area contributed by atoms with Gasteiger partial charge in [-0.2, -0.15) is 0 Å². The van der Waals surface area contributed by atoms with Crippen LogP contribution in [0.15, 0.2) is 47.6 Å². The van der Waals surface area contributed by atoms with Crippen molar-refractivity contribution in [1.82, 2.24) is 9.88 Å². The van der Waals surface area contributed by atoms with E-state index in [9.17, 15) is 4.39 Å². The van der Waals surface area contributed by atoms with Gasteiger partial charge in [-0.1, -0.05) is 25.0 Å². The lowest BCUT2D eigenvalue weighted by Gasteiger charge is -2.21. The Balaban J connectivity index is 0.00000243. The summed E-state index contributed by atoms with van der Waals surface area (Å²) in [6.45, 7) is 2.44. The van der Waals surface area contributed by atoms with Gasteiger partial charge >= 0.3 is 0 Å². The number of benzene rings is 1. The van der Waals surface area contributed by atoms with Crippen LogP contribution in [0.5, 0.6) is 11.6 Å². The molecule has 1 saturated heterocycles. The van der Waals surface area contributed by atoms with Crippen molar-refractivity contribution in [2.75, 3.05) is 13.1 Å². The number of guanidine groups is 1. The molecule has 2 heterocycles. The Morgan fingerprint density at radius 1 is 1.15 bits per heavy atom. The van der Waals surface area contributed by atoms with Crippen LogP contribution in [0.2, 0.25) is 0 Å². The monoisotopic (exact) mass is 470 g/mol. The first-order valence-corrected chi connectivity index (χ1v) is 8.64. The van der Waals surface area contributed by atoms with Gasteiger partial charge in [-0.25, -0.2) is 14.4 Å². The number of likely N-dealkylation sites (tertiary alicyclic amines) is 1. The van der Waals surface area contributed by atoms with Gasteiger partial charge in [0.15, 0.2) is 5.96 Å². The first-order valence-electron chi connectivity index (χ1n) is 8.64. The molecule has 7 heteroatoms.